The van der Waals surface area contributed by atoms with Gasteiger partial charge in [0.05, 0.1) is 27.9 Å². The normalized spacial score (nSPS) is 15.2. The van der Waals surface area contributed by atoms with Gasteiger partial charge in [-0.05, 0) is 49.2 Å². The molecule has 1 aliphatic rings. The largest absolute Gasteiger partial charge is 0.417 e. The van der Waals surface area contributed by atoms with Crippen LogP contribution in [-0.2, 0) is 6.18 Å². The summed E-state index contributed by atoms with van der Waals surface area (Å²) in [6, 6.07) is 10.2. The number of halogens is 4. The number of benzene rings is 2. The number of alkyl halides is 3. The minimum absolute atomic E-state index is 0.176. The average Bonchev–Trinajstić information content (AvgIpc) is 2.77. The molecule has 1 fully saturated rings. The third-order valence-corrected chi connectivity index (χ3v) is 5.70. The van der Waals surface area contributed by atoms with Crippen LogP contribution in [0, 0.1) is 5.82 Å². The number of likely N-dealkylation sites (tertiary alicyclic amines) is 1. The third-order valence-electron chi connectivity index (χ3n) is 5.70. The smallest absolute Gasteiger partial charge is 0.366 e. The van der Waals surface area contributed by atoms with E-state index in [9.17, 15) is 27.2 Å². The van der Waals surface area contributed by atoms with Crippen LogP contribution in [-0.4, -0.2) is 34.8 Å². The van der Waals surface area contributed by atoms with Gasteiger partial charge in [0, 0.05) is 24.4 Å². The first-order valence-electron chi connectivity index (χ1n) is 10.0. The molecule has 2 N–H and O–H groups in total. The molecule has 2 amide bonds. The Hall–Kier alpha value is -3.49. The Bertz CT molecular complexity index is 1200. The molecule has 0 radical (unpaired) electrons. The van der Waals surface area contributed by atoms with Crippen molar-refractivity contribution in [3.8, 4) is 0 Å². The Labute approximate surface area is 180 Å². The molecule has 1 aliphatic heterocycles. The standard InChI is InChI=1S/C23H19F4N3O2/c24-15-5-6-19-14(11-15)12-17(21(28)31)20(29-19)13-7-9-30(10-8-13)22(32)16-3-1-2-4-18(16)23(25,26)27/h1-6,11-13H,7-10H2,(H2,28,31). The lowest BCUT2D eigenvalue weighted by molar-refractivity contribution is -0.138. The second-order valence-electron chi connectivity index (χ2n) is 7.73. The Balaban J connectivity index is 1.58. The van der Waals surface area contributed by atoms with Crippen LogP contribution in [0.25, 0.3) is 10.9 Å². The molecule has 4 rings (SSSR count). The van der Waals surface area contributed by atoms with Crippen LogP contribution in [0.5, 0.6) is 0 Å². The number of pyridine rings is 1. The number of nitrogens with zero attached hydrogens (tertiary/aromatic N) is 2. The van der Waals surface area contributed by atoms with Crippen LogP contribution >= 0.6 is 0 Å². The summed E-state index contributed by atoms with van der Waals surface area (Å²) in [7, 11) is 0. The highest BCUT2D eigenvalue weighted by atomic mass is 19.4. The predicted molar refractivity (Wildman–Crippen MR) is 110 cm³/mol. The van der Waals surface area contributed by atoms with E-state index in [1.165, 1.54) is 47.4 Å². The third kappa shape index (κ3) is 4.15. The molecule has 0 aliphatic carbocycles. The van der Waals surface area contributed by atoms with E-state index in [2.05, 4.69) is 4.98 Å². The lowest BCUT2D eigenvalue weighted by Gasteiger charge is -2.33. The van der Waals surface area contributed by atoms with E-state index in [1.807, 2.05) is 0 Å². The highest BCUT2D eigenvalue weighted by Gasteiger charge is 2.37. The van der Waals surface area contributed by atoms with Crippen molar-refractivity contribution < 1.29 is 27.2 Å². The van der Waals surface area contributed by atoms with Gasteiger partial charge in [0.1, 0.15) is 5.82 Å². The van der Waals surface area contributed by atoms with E-state index in [1.54, 1.807) is 0 Å². The summed E-state index contributed by atoms with van der Waals surface area (Å²) in [4.78, 5) is 30.7. The van der Waals surface area contributed by atoms with Crippen LogP contribution in [0.3, 0.4) is 0 Å². The number of fused-ring (bicyclic) bond motifs is 1. The van der Waals surface area contributed by atoms with Gasteiger partial charge in [0.2, 0.25) is 0 Å². The molecule has 1 aromatic heterocycles. The number of carbonyl (C=O) groups is 2. The van der Waals surface area contributed by atoms with Gasteiger partial charge in [-0.1, -0.05) is 12.1 Å². The van der Waals surface area contributed by atoms with Crippen LogP contribution in [0.15, 0.2) is 48.5 Å². The van der Waals surface area contributed by atoms with Crippen LogP contribution in [0.4, 0.5) is 17.6 Å². The molecule has 0 saturated carbocycles. The second-order valence-corrected chi connectivity index (χ2v) is 7.73. The van der Waals surface area contributed by atoms with Gasteiger partial charge in [0.25, 0.3) is 11.8 Å². The lowest BCUT2D eigenvalue weighted by atomic mass is 9.89. The SMILES string of the molecule is NC(=O)c1cc2cc(F)ccc2nc1C1CCN(C(=O)c2ccccc2C(F)(F)F)CC1. The fourth-order valence-corrected chi connectivity index (χ4v) is 4.11. The summed E-state index contributed by atoms with van der Waals surface area (Å²) in [6.45, 7) is 0.411. The minimum atomic E-state index is -4.63. The number of primary amides is 1. The number of rotatable bonds is 3. The summed E-state index contributed by atoms with van der Waals surface area (Å²) in [5.74, 6) is -2.06. The van der Waals surface area contributed by atoms with Gasteiger partial charge < -0.3 is 10.6 Å². The molecule has 3 aromatic rings. The van der Waals surface area contributed by atoms with E-state index in [-0.39, 0.29) is 30.1 Å². The first-order chi connectivity index (χ1) is 15.1. The number of carbonyl (C=O) groups excluding carboxylic acids is 2. The van der Waals surface area contributed by atoms with E-state index >= 15 is 0 Å². The van der Waals surface area contributed by atoms with Crippen molar-refractivity contribution in [1.29, 1.82) is 0 Å². The van der Waals surface area contributed by atoms with E-state index in [4.69, 9.17) is 5.73 Å². The molecule has 0 bridgehead atoms. The van der Waals surface area contributed by atoms with Crippen molar-refractivity contribution in [2.45, 2.75) is 24.9 Å². The average molecular weight is 445 g/mol. The quantitative estimate of drug-likeness (QED) is 0.603. The molecule has 5 nitrogen and oxygen atoms in total. The Morgan fingerprint density at radius 3 is 2.34 bits per heavy atom. The number of hydrogen-bond acceptors (Lipinski definition) is 3. The maximum atomic E-state index is 13.5. The van der Waals surface area contributed by atoms with E-state index in [0.717, 1.165) is 6.07 Å². The zero-order chi connectivity index (χ0) is 23.0. The fraction of sp³-hybridized carbons (Fsp3) is 0.261. The molecule has 0 atom stereocenters. The molecule has 2 aromatic carbocycles. The number of piperidine rings is 1. The molecule has 0 unspecified atom stereocenters. The monoisotopic (exact) mass is 445 g/mol. The van der Waals surface area contributed by atoms with Crippen LogP contribution in [0.2, 0.25) is 0 Å². The molecular formula is C23H19F4N3O2. The second kappa shape index (κ2) is 8.22. The zero-order valence-electron chi connectivity index (χ0n) is 16.8. The molecule has 2 heterocycles. The topological polar surface area (TPSA) is 76.3 Å². The predicted octanol–water partition coefficient (Wildman–Crippen LogP) is 4.51. The van der Waals surface area contributed by atoms with Crippen molar-refractivity contribution in [2.24, 2.45) is 5.73 Å². The van der Waals surface area contributed by atoms with Crippen molar-refractivity contribution in [2.75, 3.05) is 13.1 Å². The molecule has 1 saturated heterocycles. The van der Waals surface area contributed by atoms with E-state index in [0.29, 0.717) is 29.4 Å². The maximum absolute atomic E-state index is 13.5. The van der Waals surface area contributed by atoms with E-state index < -0.39 is 29.4 Å². The lowest BCUT2D eigenvalue weighted by Crippen LogP contribution is -2.39. The van der Waals surface area contributed by atoms with Gasteiger partial charge in [-0.2, -0.15) is 13.2 Å². The first-order valence-corrected chi connectivity index (χ1v) is 10.0. The summed E-state index contributed by atoms with van der Waals surface area (Å²) in [6.07, 6.45) is -3.82. The number of amides is 2. The Kier molecular flexibility index (Phi) is 5.58. The van der Waals surface area contributed by atoms with Crippen LogP contribution < -0.4 is 5.73 Å². The van der Waals surface area contributed by atoms with Gasteiger partial charge in [-0.3, -0.25) is 14.6 Å². The number of nitrogens with two attached hydrogens (primary N) is 1. The molecular weight excluding hydrogens is 426 g/mol. The minimum Gasteiger partial charge on any atom is -0.366 e. The Morgan fingerprint density at radius 2 is 1.69 bits per heavy atom. The summed E-state index contributed by atoms with van der Waals surface area (Å²) >= 11 is 0. The zero-order valence-corrected chi connectivity index (χ0v) is 16.8. The van der Waals surface area contributed by atoms with Gasteiger partial charge >= 0.3 is 6.18 Å². The van der Waals surface area contributed by atoms with Gasteiger partial charge in [-0.25, -0.2) is 4.39 Å². The Morgan fingerprint density at radius 1 is 1.00 bits per heavy atom. The molecule has 32 heavy (non-hydrogen) atoms. The summed E-state index contributed by atoms with van der Waals surface area (Å²) < 4.78 is 53.4. The first kappa shape index (κ1) is 21.7. The van der Waals surface area contributed by atoms with Crippen molar-refractivity contribution in [3.05, 3.63) is 76.7 Å². The van der Waals surface area contributed by atoms with Gasteiger partial charge in [-0.15, -0.1) is 0 Å². The molecule has 9 heteroatoms. The van der Waals surface area contributed by atoms with Gasteiger partial charge in [0.15, 0.2) is 0 Å². The molecule has 166 valence electrons. The van der Waals surface area contributed by atoms with Crippen molar-refractivity contribution >= 4 is 22.7 Å². The number of hydrogen-bond donors (Lipinski definition) is 1. The fourth-order valence-electron chi connectivity index (χ4n) is 4.11. The summed E-state index contributed by atoms with van der Waals surface area (Å²) in [5.41, 5.74) is 5.30. The summed E-state index contributed by atoms with van der Waals surface area (Å²) in [5, 5.41) is 0.443. The highest BCUT2D eigenvalue weighted by molar-refractivity contribution is 5.98. The maximum Gasteiger partial charge on any atom is 0.417 e. The molecule has 0 spiro atoms. The van der Waals surface area contributed by atoms with Crippen LogP contribution in [0.1, 0.15) is 50.7 Å². The highest BCUT2D eigenvalue weighted by Crippen LogP contribution is 2.35. The van der Waals surface area contributed by atoms with Crippen molar-refractivity contribution in [3.63, 3.8) is 0 Å². The van der Waals surface area contributed by atoms with Crippen molar-refractivity contribution in [1.82, 2.24) is 9.88 Å². The number of aromatic nitrogens is 1.